The minimum Gasteiger partial charge on any atom is -0.483 e. The summed E-state index contributed by atoms with van der Waals surface area (Å²) in [5.74, 6) is -0.309. The zero-order valence-corrected chi connectivity index (χ0v) is 11.7. The molecule has 1 aliphatic heterocycles. The zero-order chi connectivity index (χ0) is 14.3. The molecule has 3 N–H and O–H groups in total. The molecule has 0 saturated carbocycles. The largest absolute Gasteiger partial charge is 0.483 e. The van der Waals surface area contributed by atoms with Gasteiger partial charge in [-0.1, -0.05) is 6.07 Å². The third-order valence-corrected chi connectivity index (χ3v) is 3.65. The Bertz CT molecular complexity index is 515. The first-order chi connectivity index (χ1) is 8.76. The van der Waals surface area contributed by atoms with E-state index in [1.165, 1.54) is 18.2 Å². The van der Waals surface area contributed by atoms with Gasteiger partial charge in [-0.3, -0.25) is 10.1 Å². The number of nitrogens with one attached hydrogen (secondary N) is 1. The monoisotopic (exact) mass is 386 g/mol. The van der Waals surface area contributed by atoms with Gasteiger partial charge in [-0.2, -0.15) is 13.2 Å². The van der Waals surface area contributed by atoms with Gasteiger partial charge in [0, 0.05) is 6.54 Å². The van der Waals surface area contributed by atoms with Gasteiger partial charge in [0.15, 0.2) is 12.1 Å². The van der Waals surface area contributed by atoms with Crippen molar-refractivity contribution in [2.75, 3.05) is 13.2 Å². The molecule has 1 aromatic carbocycles. The summed E-state index contributed by atoms with van der Waals surface area (Å²) >= 11 is 1.86. The molecule has 0 spiro atoms. The SMILES string of the molecule is NC(=O)COc1ccc(C2(C(F)(F)F)CN2)cc1I. The van der Waals surface area contributed by atoms with E-state index in [-0.39, 0.29) is 18.7 Å². The second-order valence-electron chi connectivity index (χ2n) is 4.16. The molecule has 0 aliphatic carbocycles. The highest BCUT2D eigenvalue weighted by Crippen LogP contribution is 2.46. The average molecular weight is 386 g/mol. The first-order valence-electron chi connectivity index (χ1n) is 5.29. The number of amides is 1. The molecule has 4 nitrogen and oxygen atoms in total. The summed E-state index contributed by atoms with van der Waals surface area (Å²) in [6.45, 7) is -0.438. The molecule has 0 radical (unpaired) electrons. The van der Waals surface area contributed by atoms with Crippen LogP contribution in [0.1, 0.15) is 5.56 Å². The van der Waals surface area contributed by atoms with E-state index in [2.05, 4.69) is 5.32 Å². The number of rotatable bonds is 4. The van der Waals surface area contributed by atoms with Crippen LogP contribution in [0.15, 0.2) is 18.2 Å². The molecular weight excluding hydrogens is 376 g/mol. The maximum atomic E-state index is 12.9. The zero-order valence-electron chi connectivity index (χ0n) is 9.55. The standard InChI is InChI=1S/C11H10F3IN2O2/c12-11(13,14)10(5-17-10)6-1-2-8(7(15)3-6)19-4-9(16)18/h1-3,17H,4-5H2,(H2,16,18). The summed E-state index contributed by atoms with van der Waals surface area (Å²) in [5.41, 5.74) is 3.12. The predicted molar refractivity (Wildman–Crippen MR) is 69.6 cm³/mol. The summed E-state index contributed by atoms with van der Waals surface area (Å²) in [5, 5.41) is 2.36. The molecule has 1 aromatic rings. The van der Waals surface area contributed by atoms with Gasteiger partial charge in [-0.25, -0.2) is 0 Å². The Kier molecular flexibility index (Phi) is 3.65. The first kappa shape index (κ1) is 14.4. The molecule has 1 amide bonds. The van der Waals surface area contributed by atoms with Crippen molar-refractivity contribution in [3.05, 3.63) is 27.3 Å². The van der Waals surface area contributed by atoms with E-state index in [1.807, 2.05) is 22.6 Å². The lowest BCUT2D eigenvalue weighted by molar-refractivity contribution is -0.161. The van der Waals surface area contributed by atoms with Crippen molar-refractivity contribution in [1.29, 1.82) is 0 Å². The van der Waals surface area contributed by atoms with Crippen molar-refractivity contribution in [2.24, 2.45) is 5.73 Å². The van der Waals surface area contributed by atoms with E-state index in [0.29, 0.717) is 9.32 Å². The van der Waals surface area contributed by atoms with Crippen LogP contribution in [0.25, 0.3) is 0 Å². The number of halogens is 4. The summed E-state index contributed by atoms with van der Waals surface area (Å²) in [6.07, 6.45) is -4.34. The van der Waals surface area contributed by atoms with E-state index < -0.39 is 17.6 Å². The van der Waals surface area contributed by atoms with Crippen LogP contribution in [0.3, 0.4) is 0 Å². The number of primary amides is 1. The van der Waals surface area contributed by atoms with Gasteiger partial charge in [0.05, 0.1) is 3.57 Å². The maximum Gasteiger partial charge on any atom is 0.412 e. The number of hydrogen-bond acceptors (Lipinski definition) is 3. The predicted octanol–water partition coefficient (Wildman–Crippen LogP) is 1.52. The van der Waals surface area contributed by atoms with Gasteiger partial charge in [0.2, 0.25) is 0 Å². The van der Waals surface area contributed by atoms with Crippen molar-refractivity contribution in [3.63, 3.8) is 0 Å². The quantitative estimate of drug-likeness (QED) is 0.609. The fraction of sp³-hybridized carbons (Fsp3) is 0.364. The van der Waals surface area contributed by atoms with Crippen LogP contribution in [-0.4, -0.2) is 25.2 Å². The Balaban J connectivity index is 2.23. The number of alkyl halides is 3. The Morgan fingerprint density at radius 2 is 2.16 bits per heavy atom. The second-order valence-corrected chi connectivity index (χ2v) is 5.32. The van der Waals surface area contributed by atoms with E-state index in [1.54, 1.807) is 0 Å². The fourth-order valence-corrected chi connectivity index (χ4v) is 2.36. The Labute approximate surface area is 120 Å². The van der Waals surface area contributed by atoms with Gasteiger partial charge in [-0.05, 0) is 40.3 Å². The Morgan fingerprint density at radius 1 is 1.53 bits per heavy atom. The van der Waals surface area contributed by atoms with E-state index >= 15 is 0 Å². The highest BCUT2D eigenvalue weighted by Gasteiger charge is 2.64. The number of ether oxygens (including phenoxy) is 1. The van der Waals surface area contributed by atoms with E-state index in [4.69, 9.17) is 10.5 Å². The highest BCUT2D eigenvalue weighted by molar-refractivity contribution is 14.1. The number of carbonyl (C=O) groups excluding carboxylic acids is 1. The maximum absolute atomic E-state index is 12.9. The number of nitrogens with two attached hydrogens (primary N) is 1. The first-order valence-corrected chi connectivity index (χ1v) is 6.37. The molecule has 19 heavy (non-hydrogen) atoms. The Morgan fingerprint density at radius 3 is 2.58 bits per heavy atom. The third kappa shape index (κ3) is 2.78. The average Bonchev–Trinajstić information content (AvgIpc) is 3.07. The molecule has 8 heteroatoms. The van der Waals surface area contributed by atoms with Gasteiger partial charge in [0.1, 0.15) is 5.75 Å². The number of hydrogen-bond donors (Lipinski definition) is 2. The molecule has 1 fully saturated rings. The lowest BCUT2D eigenvalue weighted by atomic mass is 9.98. The molecule has 0 aromatic heterocycles. The van der Waals surface area contributed by atoms with Crippen LogP contribution in [-0.2, 0) is 10.3 Å². The molecule has 104 valence electrons. The molecule has 1 unspecified atom stereocenters. The molecule has 1 heterocycles. The van der Waals surface area contributed by atoms with Crippen molar-refractivity contribution in [3.8, 4) is 5.75 Å². The van der Waals surface area contributed by atoms with Crippen molar-refractivity contribution in [1.82, 2.24) is 5.32 Å². The van der Waals surface area contributed by atoms with Crippen LogP contribution >= 0.6 is 22.6 Å². The molecule has 1 aliphatic rings. The van der Waals surface area contributed by atoms with Crippen LogP contribution in [0.5, 0.6) is 5.75 Å². The van der Waals surface area contributed by atoms with Crippen LogP contribution in [0.2, 0.25) is 0 Å². The molecule has 2 rings (SSSR count). The number of carbonyl (C=O) groups is 1. The molecular formula is C11H10F3IN2O2. The normalized spacial score (nSPS) is 22.1. The van der Waals surface area contributed by atoms with Gasteiger partial charge in [0.25, 0.3) is 5.91 Å². The lowest BCUT2D eigenvalue weighted by Gasteiger charge is -2.19. The molecule has 1 atom stereocenters. The minimum atomic E-state index is -4.34. The number of benzene rings is 1. The van der Waals surface area contributed by atoms with Crippen molar-refractivity contribution in [2.45, 2.75) is 11.7 Å². The van der Waals surface area contributed by atoms with Gasteiger partial charge in [-0.15, -0.1) is 0 Å². The van der Waals surface area contributed by atoms with E-state index in [0.717, 1.165) is 0 Å². The summed E-state index contributed by atoms with van der Waals surface area (Å²) in [7, 11) is 0. The topological polar surface area (TPSA) is 74.3 Å². The van der Waals surface area contributed by atoms with Crippen LogP contribution in [0, 0.1) is 3.57 Å². The van der Waals surface area contributed by atoms with Crippen LogP contribution in [0.4, 0.5) is 13.2 Å². The van der Waals surface area contributed by atoms with Gasteiger partial charge < -0.3 is 10.5 Å². The molecule has 1 saturated heterocycles. The summed E-state index contributed by atoms with van der Waals surface area (Å²) in [6, 6.07) is 4.14. The third-order valence-electron chi connectivity index (χ3n) is 2.81. The smallest absolute Gasteiger partial charge is 0.412 e. The summed E-state index contributed by atoms with van der Waals surface area (Å²) < 4.78 is 44.3. The van der Waals surface area contributed by atoms with E-state index in [9.17, 15) is 18.0 Å². The van der Waals surface area contributed by atoms with Crippen molar-refractivity contribution < 1.29 is 22.7 Å². The summed E-state index contributed by atoms with van der Waals surface area (Å²) in [4.78, 5) is 10.6. The second kappa shape index (κ2) is 4.82. The minimum absolute atomic E-state index is 0.131. The fourth-order valence-electron chi connectivity index (χ4n) is 1.69. The van der Waals surface area contributed by atoms with Crippen LogP contribution < -0.4 is 15.8 Å². The Hall–Kier alpha value is -1.03. The molecule has 0 bridgehead atoms. The van der Waals surface area contributed by atoms with Gasteiger partial charge >= 0.3 is 6.18 Å². The lowest BCUT2D eigenvalue weighted by Crippen LogP contribution is -2.33. The highest BCUT2D eigenvalue weighted by atomic mass is 127. The van der Waals surface area contributed by atoms with Crippen molar-refractivity contribution >= 4 is 28.5 Å².